The molecule has 0 atom stereocenters. The van der Waals surface area contributed by atoms with Crippen LogP contribution in [0.3, 0.4) is 0 Å². The number of nitrogens with zero attached hydrogens (tertiary/aromatic N) is 8. The summed E-state index contributed by atoms with van der Waals surface area (Å²) in [6.45, 7) is 0. The lowest BCUT2D eigenvalue weighted by Crippen LogP contribution is -2.09. The third kappa shape index (κ3) is 6.03. The van der Waals surface area contributed by atoms with Crippen LogP contribution in [0.15, 0.2) is 203 Å². The molecular weight excluding hydrogens is 817 g/mol. The predicted octanol–water partition coefficient (Wildman–Crippen LogP) is 9.25. The molecule has 7 aromatic heterocycles. The highest BCUT2D eigenvalue weighted by atomic mass is 32.2. The summed E-state index contributed by atoms with van der Waals surface area (Å²) in [5, 5.41) is 3.31. The Labute approximate surface area is 354 Å². The van der Waals surface area contributed by atoms with Gasteiger partial charge >= 0.3 is 0 Å². The summed E-state index contributed by atoms with van der Waals surface area (Å²) in [5.74, 6) is 0. The number of rotatable bonds is 8. The van der Waals surface area contributed by atoms with Crippen molar-refractivity contribution in [1.29, 1.82) is 0 Å². The maximum absolute atomic E-state index is 13.6. The number of sulfone groups is 2. The van der Waals surface area contributed by atoms with Gasteiger partial charge in [-0.2, -0.15) is 0 Å². The molecule has 0 aliphatic heterocycles. The van der Waals surface area contributed by atoms with E-state index in [-0.39, 0.29) is 19.8 Å². The van der Waals surface area contributed by atoms with E-state index in [0.29, 0.717) is 0 Å². The van der Waals surface area contributed by atoms with E-state index in [1.165, 1.54) is 24.3 Å². The normalized spacial score (nSPS) is 12.1. The third-order valence-corrected chi connectivity index (χ3v) is 14.4. The zero-order chi connectivity index (χ0) is 42.0. The van der Waals surface area contributed by atoms with Crippen molar-refractivity contribution in [2.45, 2.75) is 19.8 Å². The molecule has 0 aliphatic rings. The van der Waals surface area contributed by atoms with E-state index < -0.39 is 19.7 Å². The van der Waals surface area contributed by atoms with E-state index in [1.807, 2.05) is 97.6 Å². The minimum Gasteiger partial charge on any atom is -0.309 e. The van der Waals surface area contributed by atoms with Gasteiger partial charge in [0.25, 0.3) is 0 Å². The Morgan fingerprint density at radius 2 is 0.597 bits per heavy atom. The molecule has 7 heterocycles. The molecule has 11 rings (SSSR count). The lowest BCUT2D eigenvalue weighted by atomic mass is 10.1. The fourth-order valence-electron chi connectivity index (χ4n) is 8.06. The number of aromatic nitrogens is 8. The molecule has 0 saturated carbocycles. The molecule has 298 valence electrons. The smallest absolute Gasteiger partial charge is 0.225 e. The Morgan fingerprint density at radius 3 is 0.871 bits per heavy atom. The van der Waals surface area contributed by atoms with Crippen LogP contribution in [0.2, 0.25) is 0 Å². The van der Waals surface area contributed by atoms with E-state index in [1.54, 1.807) is 49.1 Å². The van der Waals surface area contributed by atoms with E-state index in [9.17, 15) is 16.8 Å². The van der Waals surface area contributed by atoms with Gasteiger partial charge in [-0.15, -0.1) is 0 Å². The van der Waals surface area contributed by atoms with Crippen LogP contribution < -0.4 is 0 Å². The monoisotopic (exact) mass is 846 g/mol. The predicted molar refractivity (Wildman–Crippen MR) is 237 cm³/mol. The standard InChI is InChI=1S/C48H30N8O4S2/c57-61(58,37-13-5-33(6-14-37)31-1-9-35(10-2-31)55-43-17-21-49-25-39(43)40-26-50-22-18-44(40)55)47-29-54-48(30-53-47)62(59,60)38-15-7-34(8-16-38)32-3-11-36(12-4-32)56-45-19-23-51-27-41(45)42-28-52-24-20-46(42)56/h1-30H. The summed E-state index contributed by atoms with van der Waals surface area (Å²) < 4.78 is 58.8. The second kappa shape index (κ2) is 14.4. The average Bonchev–Trinajstić information content (AvgIpc) is 3.85. The minimum absolute atomic E-state index is 0.00330. The van der Waals surface area contributed by atoms with Crippen LogP contribution in [0.25, 0.3) is 77.2 Å². The number of hydrogen-bond acceptors (Lipinski definition) is 10. The topological polar surface area (TPSA) is 155 Å². The zero-order valence-corrected chi connectivity index (χ0v) is 34.0. The highest BCUT2D eigenvalue weighted by Crippen LogP contribution is 2.34. The second-order valence-corrected chi connectivity index (χ2v) is 18.4. The lowest BCUT2D eigenvalue weighted by Gasteiger charge is -2.10. The molecule has 0 N–H and O–H groups in total. The highest BCUT2D eigenvalue weighted by molar-refractivity contribution is 7.91. The molecule has 0 unspecified atom stereocenters. The molecule has 0 amide bonds. The summed E-state index contributed by atoms with van der Waals surface area (Å²) in [4.78, 5) is 25.3. The molecule has 0 fully saturated rings. The van der Waals surface area contributed by atoms with Crippen LogP contribution >= 0.6 is 0 Å². The van der Waals surface area contributed by atoms with Gasteiger partial charge < -0.3 is 9.13 Å². The van der Waals surface area contributed by atoms with Crippen LogP contribution in [0, 0.1) is 0 Å². The molecule has 0 bridgehead atoms. The van der Waals surface area contributed by atoms with Crippen LogP contribution in [0.1, 0.15) is 0 Å². The molecule has 0 spiro atoms. The SMILES string of the molecule is O=S(=O)(c1ccc(-c2ccc(-n3c4ccncc4c4cnccc43)cc2)cc1)c1cnc(S(=O)(=O)c2ccc(-c3ccc(-n4c5ccncc5c5cnccc54)cc3)cc2)cn1. The molecule has 4 aromatic carbocycles. The van der Waals surface area contributed by atoms with Gasteiger partial charge in [-0.25, -0.2) is 26.8 Å². The van der Waals surface area contributed by atoms with Crippen molar-refractivity contribution in [3.63, 3.8) is 0 Å². The van der Waals surface area contributed by atoms with Gasteiger partial charge in [-0.05, 0) is 95.1 Å². The minimum atomic E-state index is -4.11. The molecule has 0 saturated heterocycles. The third-order valence-electron chi connectivity index (χ3n) is 11.1. The van der Waals surface area contributed by atoms with E-state index in [0.717, 1.165) is 89.6 Å². The Morgan fingerprint density at radius 1 is 0.323 bits per heavy atom. The van der Waals surface area contributed by atoms with Gasteiger partial charge in [0.2, 0.25) is 19.7 Å². The van der Waals surface area contributed by atoms with Gasteiger partial charge in [-0.1, -0.05) is 48.5 Å². The molecule has 0 aliphatic carbocycles. The van der Waals surface area contributed by atoms with Crippen molar-refractivity contribution in [3.05, 3.63) is 183 Å². The Hall–Kier alpha value is -7.94. The summed E-state index contributed by atoms with van der Waals surface area (Å²) >= 11 is 0. The summed E-state index contributed by atoms with van der Waals surface area (Å²) in [6.07, 6.45) is 16.4. The second-order valence-electron chi connectivity index (χ2n) is 14.6. The van der Waals surface area contributed by atoms with Crippen LogP contribution in [0.4, 0.5) is 0 Å². The summed E-state index contributed by atoms with van der Waals surface area (Å²) in [7, 11) is -8.22. The molecule has 0 radical (unpaired) electrons. The maximum Gasteiger partial charge on any atom is 0.225 e. The van der Waals surface area contributed by atoms with Crippen LogP contribution in [0.5, 0.6) is 0 Å². The molecule has 11 aromatic rings. The number of hydrogen-bond donors (Lipinski definition) is 0. The van der Waals surface area contributed by atoms with Crippen molar-refractivity contribution in [2.24, 2.45) is 0 Å². The summed E-state index contributed by atoms with van der Waals surface area (Å²) in [5.41, 5.74) is 9.40. The van der Waals surface area contributed by atoms with Gasteiger partial charge in [0.05, 0.1) is 44.3 Å². The van der Waals surface area contributed by atoms with Crippen molar-refractivity contribution < 1.29 is 16.8 Å². The maximum atomic E-state index is 13.6. The van der Waals surface area contributed by atoms with Gasteiger partial charge in [0, 0.05) is 82.5 Å². The molecular formula is C48H30N8O4S2. The van der Waals surface area contributed by atoms with Crippen molar-refractivity contribution in [1.82, 2.24) is 39.0 Å². The van der Waals surface area contributed by atoms with E-state index in [4.69, 9.17) is 0 Å². The first kappa shape index (κ1) is 37.1. The fraction of sp³-hybridized carbons (Fsp3) is 0. The van der Waals surface area contributed by atoms with Crippen LogP contribution in [-0.2, 0) is 19.7 Å². The zero-order valence-electron chi connectivity index (χ0n) is 32.3. The first-order valence-electron chi connectivity index (χ1n) is 19.4. The van der Waals surface area contributed by atoms with E-state index >= 15 is 0 Å². The van der Waals surface area contributed by atoms with Gasteiger partial charge in [-0.3, -0.25) is 19.9 Å². The van der Waals surface area contributed by atoms with Crippen molar-refractivity contribution in [2.75, 3.05) is 0 Å². The van der Waals surface area contributed by atoms with Crippen molar-refractivity contribution in [3.8, 4) is 33.6 Å². The Bertz CT molecular complexity index is 3390. The number of benzene rings is 4. The number of fused-ring (bicyclic) bond motifs is 6. The molecule has 62 heavy (non-hydrogen) atoms. The first-order chi connectivity index (χ1) is 30.3. The highest BCUT2D eigenvalue weighted by Gasteiger charge is 2.24. The Kier molecular flexibility index (Phi) is 8.59. The average molecular weight is 847 g/mol. The largest absolute Gasteiger partial charge is 0.309 e. The molecule has 12 nitrogen and oxygen atoms in total. The first-order valence-corrected chi connectivity index (χ1v) is 22.3. The van der Waals surface area contributed by atoms with Crippen molar-refractivity contribution >= 4 is 63.3 Å². The lowest BCUT2D eigenvalue weighted by molar-refractivity contribution is 0.584. The van der Waals surface area contributed by atoms with Crippen LogP contribution in [-0.4, -0.2) is 55.9 Å². The Balaban J connectivity index is 0.798. The van der Waals surface area contributed by atoms with E-state index in [2.05, 4.69) is 39.0 Å². The fourth-order valence-corrected chi connectivity index (χ4v) is 10.3. The van der Waals surface area contributed by atoms with Gasteiger partial charge in [0.15, 0.2) is 10.1 Å². The molecule has 14 heteroatoms. The van der Waals surface area contributed by atoms with Gasteiger partial charge in [0.1, 0.15) is 0 Å². The summed E-state index contributed by atoms with van der Waals surface area (Å²) in [6, 6.07) is 36.9. The quantitative estimate of drug-likeness (QED) is 0.145. The number of pyridine rings is 4.